The predicted molar refractivity (Wildman–Crippen MR) is 77.7 cm³/mol. The average Bonchev–Trinajstić information content (AvgIpc) is 2.38. The van der Waals surface area contributed by atoms with Gasteiger partial charge in [0.05, 0.1) is 6.26 Å². The highest BCUT2D eigenvalue weighted by Gasteiger charge is 2.24. The van der Waals surface area contributed by atoms with Crippen LogP contribution in [0.25, 0.3) is 0 Å². The van der Waals surface area contributed by atoms with E-state index >= 15 is 0 Å². The number of para-hydroxylation sites is 1. The summed E-state index contributed by atoms with van der Waals surface area (Å²) in [5.41, 5.74) is 2.44. The van der Waals surface area contributed by atoms with Crippen molar-refractivity contribution in [3.05, 3.63) is 29.8 Å². The lowest BCUT2D eigenvalue weighted by Gasteiger charge is -2.35. The van der Waals surface area contributed by atoms with E-state index in [0.717, 1.165) is 18.4 Å². The first kappa shape index (κ1) is 13.8. The summed E-state index contributed by atoms with van der Waals surface area (Å²) >= 11 is 3.49. The van der Waals surface area contributed by atoms with Gasteiger partial charge >= 0.3 is 0 Å². The Morgan fingerprint density at radius 3 is 2.33 bits per heavy atom. The average molecular weight is 333 g/mol. The number of benzene rings is 1. The molecule has 0 spiro atoms. The second-order valence-corrected chi connectivity index (χ2v) is 6.95. The molecule has 1 aliphatic rings. The number of alkyl halides is 1. The Hall–Kier alpha value is -0.590. The predicted octanol–water partition coefficient (Wildman–Crippen LogP) is 1.66. The van der Waals surface area contributed by atoms with Gasteiger partial charge in [-0.05, 0) is 11.6 Å². The molecule has 6 heteroatoms. The maximum atomic E-state index is 11.5. The largest absolute Gasteiger partial charge is 0.369 e. The van der Waals surface area contributed by atoms with Crippen LogP contribution in [0.4, 0.5) is 5.69 Å². The molecule has 0 aliphatic carbocycles. The maximum Gasteiger partial charge on any atom is 0.211 e. The summed E-state index contributed by atoms with van der Waals surface area (Å²) in [6, 6.07) is 8.22. The highest BCUT2D eigenvalue weighted by molar-refractivity contribution is 9.08. The Labute approximate surface area is 117 Å². The van der Waals surface area contributed by atoms with E-state index in [4.69, 9.17) is 0 Å². The summed E-state index contributed by atoms with van der Waals surface area (Å²) in [7, 11) is -3.05. The number of hydrogen-bond acceptors (Lipinski definition) is 3. The van der Waals surface area contributed by atoms with Gasteiger partial charge in [-0.2, -0.15) is 4.31 Å². The Bertz CT molecular complexity index is 511. The van der Waals surface area contributed by atoms with Crippen molar-refractivity contribution in [2.75, 3.05) is 37.3 Å². The summed E-state index contributed by atoms with van der Waals surface area (Å²) in [5.74, 6) is 0. The van der Waals surface area contributed by atoms with Crippen molar-refractivity contribution in [3.63, 3.8) is 0 Å². The fraction of sp³-hybridized carbons (Fsp3) is 0.500. The van der Waals surface area contributed by atoms with E-state index < -0.39 is 10.0 Å². The third-order valence-electron chi connectivity index (χ3n) is 3.18. The van der Waals surface area contributed by atoms with Gasteiger partial charge < -0.3 is 4.90 Å². The molecule has 1 fully saturated rings. The molecule has 4 nitrogen and oxygen atoms in total. The molecule has 0 amide bonds. The summed E-state index contributed by atoms with van der Waals surface area (Å²) < 4.78 is 24.4. The van der Waals surface area contributed by atoms with E-state index in [1.165, 1.54) is 17.5 Å². The normalized spacial score (nSPS) is 18.0. The highest BCUT2D eigenvalue weighted by atomic mass is 79.9. The minimum atomic E-state index is -3.05. The molecule has 18 heavy (non-hydrogen) atoms. The SMILES string of the molecule is CS(=O)(=O)N1CCN(c2ccccc2CBr)CC1. The van der Waals surface area contributed by atoms with Crippen molar-refractivity contribution < 1.29 is 8.42 Å². The van der Waals surface area contributed by atoms with Crippen molar-refractivity contribution in [2.24, 2.45) is 0 Å². The highest BCUT2D eigenvalue weighted by Crippen LogP contribution is 2.24. The zero-order chi connectivity index (χ0) is 13.2. The first-order valence-electron chi connectivity index (χ1n) is 5.86. The Morgan fingerprint density at radius 1 is 1.17 bits per heavy atom. The summed E-state index contributed by atoms with van der Waals surface area (Å²) in [5, 5.41) is 0.815. The van der Waals surface area contributed by atoms with Crippen LogP contribution < -0.4 is 4.90 Å². The van der Waals surface area contributed by atoms with Crippen molar-refractivity contribution in [3.8, 4) is 0 Å². The smallest absolute Gasteiger partial charge is 0.211 e. The van der Waals surface area contributed by atoms with Crippen LogP contribution in [0.5, 0.6) is 0 Å². The number of halogens is 1. The van der Waals surface area contributed by atoms with Gasteiger partial charge in [0.2, 0.25) is 10.0 Å². The second kappa shape index (κ2) is 5.59. The van der Waals surface area contributed by atoms with Gasteiger partial charge in [-0.15, -0.1) is 0 Å². The molecule has 1 saturated heterocycles. The minimum Gasteiger partial charge on any atom is -0.369 e. The Kier molecular flexibility index (Phi) is 4.29. The zero-order valence-corrected chi connectivity index (χ0v) is 12.7. The molecule has 0 saturated carbocycles. The standard InChI is InChI=1S/C12H17BrN2O2S/c1-18(16,17)15-8-6-14(7-9-15)12-5-3-2-4-11(12)10-13/h2-5H,6-10H2,1H3. The monoisotopic (exact) mass is 332 g/mol. The number of sulfonamides is 1. The van der Waals surface area contributed by atoms with E-state index in [-0.39, 0.29) is 0 Å². The van der Waals surface area contributed by atoms with Gasteiger partial charge in [0.25, 0.3) is 0 Å². The van der Waals surface area contributed by atoms with Crippen molar-refractivity contribution in [1.82, 2.24) is 4.31 Å². The lowest BCUT2D eigenvalue weighted by atomic mass is 10.1. The van der Waals surface area contributed by atoms with Crippen LogP contribution in [-0.4, -0.2) is 45.2 Å². The summed E-state index contributed by atoms with van der Waals surface area (Å²) in [6.07, 6.45) is 1.27. The molecule has 0 unspecified atom stereocenters. The fourth-order valence-electron chi connectivity index (χ4n) is 2.19. The molecule has 0 aromatic heterocycles. The fourth-order valence-corrected chi connectivity index (χ4v) is 3.49. The molecule has 1 aromatic carbocycles. The van der Waals surface area contributed by atoms with Gasteiger partial charge in [-0.25, -0.2) is 8.42 Å². The molecule has 100 valence electrons. The van der Waals surface area contributed by atoms with Crippen LogP contribution in [0.1, 0.15) is 5.56 Å². The Balaban J connectivity index is 2.10. The Morgan fingerprint density at radius 2 is 1.78 bits per heavy atom. The number of piperazine rings is 1. The topological polar surface area (TPSA) is 40.6 Å². The van der Waals surface area contributed by atoms with Crippen LogP contribution in [-0.2, 0) is 15.4 Å². The molecule has 0 radical (unpaired) electrons. The van der Waals surface area contributed by atoms with E-state index in [9.17, 15) is 8.42 Å². The van der Waals surface area contributed by atoms with E-state index in [1.807, 2.05) is 12.1 Å². The van der Waals surface area contributed by atoms with Gasteiger partial charge in [0.1, 0.15) is 0 Å². The van der Waals surface area contributed by atoms with Crippen LogP contribution in [0.3, 0.4) is 0 Å². The van der Waals surface area contributed by atoms with Crippen LogP contribution >= 0.6 is 15.9 Å². The summed E-state index contributed by atoms with van der Waals surface area (Å²) in [4.78, 5) is 2.25. The number of anilines is 1. The molecule has 0 N–H and O–H groups in total. The van der Waals surface area contributed by atoms with Gasteiger partial charge in [-0.1, -0.05) is 34.1 Å². The van der Waals surface area contributed by atoms with Crippen LogP contribution in [0.2, 0.25) is 0 Å². The van der Waals surface area contributed by atoms with Crippen molar-refractivity contribution in [1.29, 1.82) is 0 Å². The number of rotatable bonds is 3. The van der Waals surface area contributed by atoms with Crippen LogP contribution in [0, 0.1) is 0 Å². The van der Waals surface area contributed by atoms with E-state index in [1.54, 1.807) is 4.31 Å². The third kappa shape index (κ3) is 3.05. The molecule has 1 aliphatic heterocycles. The zero-order valence-electron chi connectivity index (χ0n) is 10.3. The van der Waals surface area contributed by atoms with Gasteiger partial charge in [-0.3, -0.25) is 0 Å². The second-order valence-electron chi connectivity index (χ2n) is 4.41. The number of hydrogen-bond donors (Lipinski definition) is 0. The molecule has 2 rings (SSSR count). The van der Waals surface area contributed by atoms with Gasteiger partial charge in [0.15, 0.2) is 0 Å². The first-order valence-corrected chi connectivity index (χ1v) is 8.83. The molecule has 1 heterocycles. The lowest BCUT2D eigenvalue weighted by Crippen LogP contribution is -2.48. The molecule has 0 bridgehead atoms. The van der Waals surface area contributed by atoms with E-state index in [0.29, 0.717) is 13.1 Å². The van der Waals surface area contributed by atoms with E-state index in [2.05, 4.69) is 33.0 Å². The lowest BCUT2D eigenvalue weighted by molar-refractivity contribution is 0.388. The molecular weight excluding hydrogens is 316 g/mol. The van der Waals surface area contributed by atoms with Gasteiger partial charge in [0, 0.05) is 37.2 Å². The van der Waals surface area contributed by atoms with Crippen molar-refractivity contribution >= 4 is 31.6 Å². The first-order chi connectivity index (χ1) is 8.52. The molecular formula is C12H17BrN2O2S. The third-order valence-corrected chi connectivity index (χ3v) is 5.09. The maximum absolute atomic E-state index is 11.5. The van der Waals surface area contributed by atoms with Crippen LogP contribution in [0.15, 0.2) is 24.3 Å². The quantitative estimate of drug-likeness (QED) is 0.790. The molecule has 1 aromatic rings. The van der Waals surface area contributed by atoms with Crippen molar-refractivity contribution in [2.45, 2.75) is 5.33 Å². The molecule has 0 atom stereocenters. The minimum absolute atomic E-state index is 0.565. The summed E-state index contributed by atoms with van der Waals surface area (Å²) in [6.45, 7) is 2.62. The number of nitrogens with zero attached hydrogens (tertiary/aromatic N) is 2.